The minimum atomic E-state index is -4.94. The van der Waals surface area contributed by atoms with Crippen LogP contribution in [-0.4, -0.2) is 154 Å². The second kappa shape index (κ2) is 25.9. The lowest BCUT2D eigenvalue weighted by molar-refractivity contribution is 0.0974. The summed E-state index contributed by atoms with van der Waals surface area (Å²) in [5.74, 6) is 0.293. The van der Waals surface area contributed by atoms with Crippen LogP contribution >= 0.6 is 0 Å². The van der Waals surface area contributed by atoms with Gasteiger partial charge in [0, 0.05) is 48.9 Å². The molecule has 6 rings (SSSR count). The fourth-order valence-electron chi connectivity index (χ4n) is 6.65. The van der Waals surface area contributed by atoms with Gasteiger partial charge in [-0.1, -0.05) is 60.7 Å². The molecular formula is C46H56N12O12S2. The highest BCUT2D eigenvalue weighted by atomic mass is 32.2. The molecular weight excluding hydrogens is 977 g/mol. The Morgan fingerprint density at radius 2 is 0.917 bits per heavy atom. The minimum Gasteiger partial charge on any atom is -0.394 e. The number of ether oxygens (including phenoxy) is 2. The minimum absolute atomic E-state index is 0.0561. The van der Waals surface area contributed by atoms with Gasteiger partial charge in [-0.3, -0.25) is 9.11 Å². The van der Waals surface area contributed by atoms with Crippen LogP contribution in [0.25, 0.3) is 12.2 Å². The van der Waals surface area contributed by atoms with Gasteiger partial charge in [0.2, 0.25) is 35.7 Å². The first kappa shape index (κ1) is 54.4. The Bertz CT molecular complexity index is 2760. The molecule has 0 radical (unpaired) electrons. The zero-order valence-corrected chi connectivity index (χ0v) is 40.8. The van der Waals surface area contributed by atoms with Gasteiger partial charge >= 0.3 is 0 Å². The van der Waals surface area contributed by atoms with Crippen LogP contribution in [0.2, 0.25) is 0 Å². The van der Waals surface area contributed by atoms with Gasteiger partial charge in [-0.15, -0.1) is 0 Å². The van der Waals surface area contributed by atoms with Crippen LogP contribution < -0.4 is 31.1 Å². The number of rotatable bonds is 28. The van der Waals surface area contributed by atoms with E-state index >= 15 is 0 Å². The van der Waals surface area contributed by atoms with Gasteiger partial charge in [0.15, 0.2) is 0 Å². The van der Waals surface area contributed by atoms with E-state index in [1.807, 2.05) is 60.7 Å². The van der Waals surface area contributed by atoms with Gasteiger partial charge in [-0.2, -0.15) is 46.7 Å². The Labute approximate surface area is 416 Å². The van der Waals surface area contributed by atoms with Gasteiger partial charge in [0.1, 0.15) is 9.79 Å². The van der Waals surface area contributed by atoms with E-state index in [0.717, 1.165) is 12.1 Å². The van der Waals surface area contributed by atoms with Gasteiger partial charge < -0.3 is 61.0 Å². The molecule has 72 heavy (non-hydrogen) atoms. The van der Waals surface area contributed by atoms with Crippen LogP contribution in [0.5, 0.6) is 0 Å². The molecule has 0 fully saturated rings. The lowest BCUT2D eigenvalue weighted by Crippen LogP contribution is -2.26. The first-order valence-electron chi connectivity index (χ1n) is 22.3. The summed E-state index contributed by atoms with van der Waals surface area (Å²) in [5.41, 5.74) is 1.46. The molecule has 0 aliphatic heterocycles. The van der Waals surface area contributed by atoms with Crippen LogP contribution in [0.1, 0.15) is 25.0 Å². The third-order valence-corrected chi connectivity index (χ3v) is 11.7. The summed E-state index contributed by atoms with van der Waals surface area (Å²) in [6, 6.07) is 26.1. The topological polar surface area (TPSA) is 340 Å². The van der Waals surface area contributed by atoms with Crippen molar-refractivity contribution in [2.75, 3.05) is 96.9 Å². The molecule has 6 aromatic rings. The molecule has 0 saturated heterocycles. The third-order valence-electron chi connectivity index (χ3n) is 9.90. The summed E-state index contributed by atoms with van der Waals surface area (Å²) in [6.07, 6.45) is 0.921. The smallest absolute Gasteiger partial charge is 0.295 e. The maximum absolute atomic E-state index is 12.9. The molecule has 0 aliphatic rings. The average Bonchev–Trinajstić information content (AvgIpc) is 3.35. The molecule has 24 nitrogen and oxygen atoms in total. The van der Waals surface area contributed by atoms with Gasteiger partial charge in [-0.25, -0.2) is 0 Å². The summed E-state index contributed by atoms with van der Waals surface area (Å²) in [4.78, 5) is 29.4. The zero-order valence-electron chi connectivity index (χ0n) is 39.1. The van der Waals surface area contributed by atoms with E-state index in [1.54, 1.807) is 23.6 Å². The highest BCUT2D eigenvalue weighted by molar-refractivity contribution is 7.86. The number of nitrogens with one attached hydrogen (secondary N) is 4. The Morgan fingerprint density at radius 1 is 0.542 bits per heavy atom. The van der Waals surface area contributed by atoms with Gasteiger partial charge in [0.25, 0.3) is 20.2 Å². The molecule has 2 atom stereocenters. The molecule has 26 heteroatoms. The number of para-hydroxylation sites is 2. The predicted molar refractivity (Wildman–Crippen MR) is 271 cm³/mol. The lowest BCUT2D eigenvalue weighted by Gasteiger charge is -2.24. The molecule has 0 aliphatic carbocycles. The molecule has 384 valence electrons. The van der Waals surface area contributed by atoms with E-state index in [0.29, 0.717) is 11.4 Å². The largest absolute Gasteiger partial charge is 0.394 e. The van der Waals surface area contributed by atoms with E-state index in [4.69, 9.17) is 9.47 Å². The van der Waals surface area contributed by atoms with Crippen molar-refractivity contribution in [2.24, 2.45) is 0 Å². The fraction of sp³-hybridized carbons (Fsp3) is 0.304. The second-order valence-electron chi connectivity index (χ2n) is 15.7. The van der Waals surface area contributed by atoms with Crippen molar-refractivity contribution in [3.63, 3.8) is 0 Å². The maximum Gasteiger partial charge on any atom is 0.295 e. The molecule has 4 aromatic carbocycles. The third kappa shape index (κ3) is 16.3. The first-order chi connectivity index (χ1) is 34.5. The van der Waals surface area contributed by atoms with Crippen molar-refractivity contribution in [1.82, 2.24) is 29.9 Å². The van der Waals surface area contributed by atoms with Gasteiger partial charge in [0.05, 0.1) is 51.8 Å². The number of hydrogen-bond acceptors (Lipinski definition) is 22. The number of aromatic nitrogens is 6. The number of nitrogens with zero attached hydrogens (tertiary/aromatic N) is 8. The fourth-order valence-corrected chi connectivity index (χ4v) is 8.07. The molecule has 0 saturated carbocycles. The molecule has 0 spiro atoms. The summed E-state index contributed by atoms with van der Waals surface area (Å²) in [5, 5.41) is 50.2. The molecule has 2 unspecified atom stereocenters. The van der Waals surface area contributed by atoms with Crippen LogP contribution in [0.4, 0.5) is 58.4 Å². The van der Waals surface area contributed by atoms with Crippen LogP contribution in [0.15, 0.2) is 107 Å². The van der Waals surface area contributed by atoms with E-state index in [-0.39, 0.29) is 124 Å². The van der Waals surface area contributed by atoms with Gasteiger partial charge in [-0.05, 0) is 73.5 Å². The standard InChI is InChI=1S/C46H56N12O12S2/c1-31(61)29-47-41-51-43(55-45(53-41)57(19-23-69-25-21-59)37-9-5-3-6-10-37)49-35-17-15-33(39(27-35)71(63,64)65)13-14-34-16-18-36(28-40(34)72(66,67)68)50-44-52-42(48-30-32(2)62)54-46(56-44)58(20-24-70-26-22-60)38-11-7-4-8-12-38/h3-18,27-28,31-32,59-62H,19-26,29-30H2,1-2H3,(H,63,64,65)(H,66,67,68)(H2,47,49,51,53,55)(H2,48,50,52,54,56)/b14-13+. The van der Waals surface area contributed by atoms with Crippen molar-refractivity contribution < 1.29 is 55.8 Å². The number of aliphatic hydroxyl groups excluding tert-OH is 4. The van der Waals surface area contributed by atoms with Crippen molar-refractivity contribution in [2.45, 2.75) is 35.8 Å². The average molecular weight is 1030 g/mol. The Hall–Kier alpha value is -6.98. The van der Waals surface area contributed by atoms with Crippen LogP contribution in [0, 0.1) is 0 Å². The van der Waals surface area contributed by atoms with Crippen molar-refractivity contribution >= 4 is 90.8 Å². The van der Waals surface area contributed by atoms with Crippen LogP contribution in [-0.2, 0) is 29.7 Å². The monoisotopic (exact) mass is 1030 g/mol. The summed E-state index contributed by atoms with van der Waals surface area (Å²) < 4.78 is 83.4. The quantitative estimate of drug-likeness (QED) is 0.0188. The van der Waals surface area contributed by atoms with E-state index in [9.17, 15) is 46.4 Å². The number of hydrogen-bond donors (Lipinski definition) is 10. The maximum atomic E-state index is 12.9. The van der Waals surface area contributed by atoms with Crippen molar-refractivity contribution in [1.29, 1.82) is 0 Å². The summed E-state index contributed by atoms with van der Waals surface area (Å²) in [6.45, 7) is 4.02. The highest BCUT2D eigenvalue weighted by Crippen LogP contribution is 2.31. The zero-order chi connectivity index (χ0) is 51.7. The molecule has 2 aromatic heterocycles. The van der Waals surface area contributed by atoms with Crippen LogP contribution in [0.3, 0.4) is 0 Å². The number of benzene rings is 4. The summed E-state index contributed by atoms with van der Waals surface area (Å²) in [7, 11) is -9.88. The Morgan fingerprint density at radius 3 is 1.26 bits per heavy atom. The number of aliphatic hydroxyl groups is 4. The molecule has 0 amide bonds. The molecule has 2 heterocycles. The van der Waals surface area contributed by atoms with Crippen molar-refractivity contribution in [3.8, 4) is 0 Å². The summed E-state index contributed by atoms with van der Waals surface area (Å²) >= 11 is 0. The van der Waals surface area contributed by atoms with E-state index < -0.39 is 42.2 Å². The van der Waals surface area contributed by atoms with E-state index in [2.05, 4.69) is 51.2 Å². The molecule has 10 N–H and O–H groups in total. The SMILES string of the molecule is CC(O)CNc1nc(Nc2ccc(/C=C/c3ccc(Nc4nc(NCC(C)O)nc(N(CCOCCO)c5ccccc5)n4)cc3S(=O)(=O)O)c(S(=O)(=O)O)c2)nc(N(CCOCCO)c2ccccc2)n1. The normalized spacial score (nSPS) is 12.6. The van der Waals surface area contributed by atoms with Crippen molar-refractivity contribution in [3.05, 3.63) is 108 Å². The Balaban J connectivity index is 1.31. The highest BCUT2D eigenvalue weighted by Gasteiger charge is 2.22. The lowest BCUT2D eigenvalue weighted by atomic mass is 10.1. The first-order valence-corrected chi connectivity index (χ1v) is 25.2. The molecule has 0 bridgehead atoms. The second-order valence-corrected chi connectivity index (χ2v) is 18.5. The van der Waals surface area contributed by atoms with E-state index in [1.165, 1.54) is 36.4 Å². The predicted octanol–water partition coefficient (Wildman–Crippen LogP) is 4.09. The Kier molecular flexibility index (Phi) is 19.6. The number of anilines is 10.